The number of hydrogen-bond donors (Lipinski definition) is 1. The summed E-state index contributed by atoms with van der Waals surface area (Å²) in [4.78, 5) is 0. The van der Waals surface area contributed by atoms with Crippen LogP contribution in [-0.4, -0.2) is 39.6 Å². The van der Waals surface area contributed by atoms with Crippen molar-refractivity contribution in [3.63, 3.8) is 0 Å². The highest BCUT2D eigenvalue weighted by Crippen LogP contribution is 2.27. The van der Waals surface area contributed by atoms with Crippen LogP contribution in [0.25, 0.3) is 17.0 Å². The molecule has 7 nitrogen and oxygen atoms in total. The highest BCUT2D eigenvalue weighted by molar-refractivity contribution is 7.08. The van der Waals surface area contributed by atoms with Crippen LogP contribution in [0.1, 0.15) is 6.92 Å². The fourth-order valence-corrected chi connectivity index (χ4v) is 3.31. The average molecular weight is 381 g/mol. The second-order valence-electron chi connectivity index (χ2n) is 5.98. The lowest BCUT2D eigenvalue weighted by Gasteiger charge is -2.17. The van der Waals surface area contributed by atoms with E-state index in [0.717, 1.165) is 23.0 Å². The van der Waals surface area contributed by atoms with Crippen molar-refractivity contribution in [2.24, 2.45) is 0 Å². The van der Waals surface area contributed by atoms with E-state index in [0.29, 0.717) is 17.9 Å². The van der Waals surface area contributed by atoms with Gasteiger partial charge in [-0.25, -0.2) is 0 Å². The van der Waals surface area contributed by atoms with Gasteiger partial charge >= 0.3 is 0 Å². The van der Waals surface area contributed by atoms with Gasteiger partial charge < -0.3 is 14.8 Å². The highest BCUT2D eigenvalue weighted by atomic mass is 32.1. The lowest BCUT2D eigenvalue weighted by molar-refractivity contribution is 0.223. The summed E-state index contributed by atoms with van der Waals surface area (Å²) in [6, 6.07) is 13.4. The minimum Gasteiger partial charge on any atom is -0.493 e. The van der Waals surface area contributed by atoms with E-state index in [2.05, 4.69) is 20.6 Å². The summed E-state index contributed by atoms with van der Waals surface area (Å²) in [5.74, 6) is 2.90. The van der Waals surface area contributed by atoms with Crippen LogP contribution >= 0.6 is 11.3 Å². The summed E-state index contributed by atoms with van der Waals surface area (Å²) in [6.07, 6.45) is -0.0731. The third-order valence-electron chi connectivity index (χ3n) is 4.01. The number of nitrogens with one attached hydrogen (secondary N) is 1. The number of nitrogens with zero attached hydrogens (tertiary/aromatic N) is 4. The molecule has 3 heterocycles. The zero-order chi connectivity index (χ0) is 18.6. The fourth-order valence-electron chi connectivity index (χ4n) is 2.68. The first-order valence-corrected chi connectivity index (χ1v) is 9.47. The molecule has 0 aliphatic rings. The summed E-state index contributed by atoms with van der Waals surface area (Å²) < 4.78 is 13.0. The van der Waals surface area contributed by atoms with Gasteiger partial charge in [0.05, 0.1) is 13.7 Å². The van der Waals surface area contributed by atoms with Crippen LogP contribution in [0.2, 0.25) is 0 Å². The van der Waals surface area contributed by atoms with Crippen LogP contribution in [-0.2, 0) is 0 Å². The van der Waals surface area contributed by atoms with Crippen molar-refractivity contribution in [2.75, 3.05) is 19.0 Å². The first-order chi connectivity index (χ1) is 13.2. The highest BCUT2D eigenvalue weighted by Gasteiger charge is 2.12. The number of methoxy groups -OCH3 is 1. The molecule has 1 atom stereocenters. The van der Waals surface area contributed by atoms with E-state index >= 15 is 0 Å². The molecule has 0 spiro atoms. The molecule has 0 aliphatic heterocycles. The molecule has 0 aliphatic carbocycles. The molecule has 3 aromatic heterocycles. The van der Waals surface area contributed by atoms with E-state index in [1.165, 1.54) is 0 Å². The number of ether oxygens (including phenoxy) is 2. The summed E-state index contributed by atoms with van der Waals surface area (Å²) in [5, 5.41) is 20.4. The molecule has 138 valence electrons. The largest absolute Gasteiger partial charge is 0.493 e. The Balaban J connectivity index is 1.46. The molecule has 0 saturated heterocycles. The van der Waals surface area contributed by atoms with Gasteiger partial charge in [0.15, 0.2) is 23.0 Å². The third-order valence-corrected chi connectivity index (χ3v) is 4.69. The molecule has 0 amide bonds. The summed E-state index contributed by atoms with van der Waals surface area (Å²) >= 11 is 1.62. The Hall–Kier alpha value is -3.13. The fraction of sp³-hybridized carbons (Fsp3) is 0.211. The van der Waals surface area contributed by atoms with E-state index in [-0.39, 0.29) is 6.10 Å². The van der Waals surface area contributed by atoms with Crippen molar-refractivity contribution in [1.82, 2.24) is 19.8 Å². The van der Waals surface area contributed by atoms with Crippen LogP contribution < -0.4 is 14.8 Å². The Bertz CT molecular complexity index is 1030. The van der Waals surface area contributed by atoms with Crippen LogP contribution in [0, 0.1) is 0 Å². The van der Waals surface area contributed by atoms with Gasteiger partial charge in [-0.05, 0) is 42.6 Å². The van der Waals surface area contributed by atoms with Gasteiger partial charge in [0, 0.05) is 10.9 Å². The quantitative estimate of drug-likeness (QED) is 0.526. The van der Waals surface area contributed by atoms with Crippen LogP contribution in [0.5, 0.6) is 11.5 Å². The molecule has 1 aromatic carbocycles. The van der Waals surface area contributed by atoms with E-state index < -0.39 is 0 Å². The molecule has 4 aromatic rings. The standard InChI is InChI=1S/C19H19N5O2S/c1-13(26-16-6-4-3-5-15(16)25-2)11-20-17-7-8-18-21-22-19(24(18)23-17)14-9-10-27-12-14/h3-10,12-13H,11H2,1-2H3,(H,20,23). The smallest absolute Gasteiger partial charge is 0.186 e. The zero-order valence-electron chi connectivity index (χ0n) is 15.0. The molecule has 1 unspecified atom stereocenters. The Morgan fingerprint density at radius 1 is 1.11 bits per heavy atom. The molecular weight excluding hydrogens is 362 g/mol. The van der Waals surface area contributed by atoms with Gasteiger partial charge in [-0.1, -0.05) is 12.1 Å². The third kappa shape index (κ3) is 3.70. The molecule has 0 fully saturated rings. The number of rotatable bonds is 7. The molecule has 1 N–H and O–H groups in total. The van der Waals surface area contributed by atoms with Gasteiger partial charge in [0.2, 0.25) is 0 Å². The van der Waals surface area contributed by atoms with Crippen molar-refractivity contribution >= 4 is 22.8 Å². The number of thiophene rings is 1. The second-order valence-corrected chi connectivity index (χ2v) is 6.76. The van der Waals surface area contributed by atoms with Gasteiger partial charge in [-0.3, -0.25) is 0 Å². The first-order valence-electron chi connectivity index (χ1n) is 8.53. The summed E-state index contributed by atoms with van der Waals surface area (Å²) in [7, 11) is 1.63. The van der Waals surface area contributed by atoms with E-state index in [9.17, 15) is 0 Å². The maximum absolute atomic E-state index is 5.97. The number of hydrogen-bond acceptors (Lipinski definition) is 7. The van der Waals surface area contributed by atoms with Crippen molar-refractivity contribution in [3.8, 4) is 22.9 Å². The molecule has 0 bridgehead atoms. The van der Waals surface area contributed by atoms with Gasteiger partial charge in [0.25, 0.3) is 0 Å². The minimum atomic E-state index is -0.0731. The molecule has 0 radical (unpaired) electrons. The van der Waals surface area contributed by atoms with Crippen molar-refractivity contribution in [1.29, 1.82) is 0 Å². The molecule has 4 rings (SSSR count). The minimum absolute atomic E-state index is 0.0731. The van der Waals surface area contributed by atoms with Crippen LogP contribution in [0.15, 0.2) is 53.2 Å². The van der Waals surface area contributed by atoms with Crippen LogP contribution in [0.4, 0.5) is 5.82 Å². The number of anilines is 1. The Morgan fingerprint density at radius 3 is 2.74 bits per heavy atom. The van der Waals surface area contributed by atoms with Crippen molar-refractivity contribution in [2.45, 2.75) is 13.0 Å². The normalized spacial score (nSPS) is 12.1. The Morgan fingerprint density at radius 2 is 1.96 bits per heavy atom. The van der Waals surface area contributed by atoms with E-state index in [1.807, 2.05) is 60.1 Å². The zero-order valence-corrected chi connectivity index (χ0v) is 15.8. The molecule has 8 heteroatoms. The topological polar surface area (TPSA) is 73.6 Å². The van der Waals surface area contributed by atoms with Crippen molar-refractivity contribution in [3.05, 3.63) is 53.2 Å². The first kappa shape index (κ1) is 17.3. The predicted octanol–water partition coefficient (Wildman–Crippen LogP) is 3.74. The number of para-hydroxylation sites is 2. The van der Waals surface area contributed by atoms with Gasteiger partial charge in [-0.15, -0.1) is 15.3 Å². The predicted molar refractivity (Wildman–Crippen MR) is 106 cm³/mol. The number of fused-ring (bicyclic) bond motifs is 1. The second kappa shape index (κ2) is 7.63. The van der Waals surface area contributed by atoms with E-state index in [1.54, 1.807) is 23.0 Å². The monoisotopic (exact) mass is 381 g/mol. The SMILES string of the molecule is COc1ccccc1OC(C)CNc1ccc2nnc(-c3ccsc3)n2n1. The Labute approximate surface area is 160 Å². The maximum atomic E-state index is 5.97. The summed E-state index contributed by atoms with van der Waals surface area (Å²) in [6.45, 7) is 2.58. The molecule has 27 heavy (non-hydrogen) atoms. The van der Waals surface area contributed by atoms with Gasteiger partial charge in [-0.2, -0.15) is 15.9 Å². The lowest BCUT2D eigenvalue weighted by atomic mass is 10.3. The number of aromatic nitrogens is 4. The Kier molecular flexibility index (Phi) is 4.88. The number of benzene rings is 1. The molecular formula is C19H19N5O2S. The lowest BCUT2D eigenvalue weighted by Crippen LogP contribution is -2.23. The van der Waals surface area contributed by atoms with Crippen molar-refractivity contribution < 1.29 is 9.47 Å². The van der Waals surface area contributed by atoms with Gasteiger partial charge in [0.1, 0.15) is 11.9 Å². The van der Waals surface area contributed by atoms with E-state index in [4.69, 9.17) is 9.47 Å². The van der Waals surface area contributed by atoms with Crippen LogP contribution in [0.3, 0.4) is 0 Å². The summed E-state index contributed by atoms with van der Waals surface area (Å²) in [5.41, 5.74) is 1.71. The maximum Gasteiger partial charge on any atom is 0.186 e. The average Bonchev–Trinajstić information content (AvgIpc) is 3.36. The molecule has 0 saturated carbocycles.